The summed E-state index contributed by atoms with van der Waals surface area (Å²) in [7, 11) is 0. The summed E-state index contributed by atoms with van der Waals surface area (Å²) in [5.41, 5.74) is 1.64. The fourth-order valence-corrected chi connectivity index (χ4v) is 3.30. The van der Waals surface area contributed by atoms with Crippen LogP contribution in [-0.2, 0) is 6.54 Å². The molecule has 2 heterocycles. The van der Waals surface area contributed by atoms with Crippen molar-refractivity contribution in [2.24, 2.45) is 0 Å². The van der Waals surface area contributed by atoms with E-state index in [-0.39, 0.29) is 12.5 Å². The van der Waals surface area contributed by atoms with Gasteiger partial charge in [0.1, 0.15) is 4.88 Å². The molecule has 24 heavy (non-hydrogen) atoms. The zero-order chi connectivity index (χ0) is 16.5. The Balaban J connectivity index is 1.49. The molecule has 1 N–H and O–H groups in total. The van der Waals surface area contributed by atoms with Gasteiger partial charge in [-0.25, -0.2) is 4.98 Å². The van der Waals surface area contributed by atoms with Gasteiger partial charge in [-0.3, -0.25) is 4.79 Å². The second-order valence-corrected chi connectivity index (χ2v) is 6.97. The van der Waals surface area contributed by atoms with Crippen LogP contribution in [-0.4, -0.2) is 21.1 Å². The van der Waals surface area contributed by atoms with Gasteiger partial charge in [0.25, 0.3) is 5.91 Å². The lowest BCUT2D eigenvalue weighted by atomic mass is 10.1. The first-order valence-corrected chi connectivity index (χ1v) is 8.65. The molecule has 0 atom stereocenters. The third-order valence-corrected chi connectivity index (χ3v) is 4.77. The van der Waals surface area contributed by atoms with Crippen LogP contribution in [0.3, 0.4) is 0 Å². The van der Waals surface area contributed by atoms with E-state index in [2.05, 4.69) is 20.5 Å². The van der Waals surface area contributed by atoms with Crippen LogP contribution in [0.4, 0.5) is 0 Å². The first kappa shape index (κ1) is 15.0. The van der Waals surface area contributed by atoms with Crippen molar-refractivity contribution in [2.45, 2.75) is 32.2 Å². The van der Waals surface area contributed by atoms with Crippen molar-refractivity contribution >= 4 is 17.2 Å². The Kier molecular flexibility index (Phi) is 3.86. The number of rotatable bonds is 5. The van der Waals surface area contributed by atoms with Gasteiger partial charge in [0, 0.05) is 11.5 Å². The van der Waals surface area contributed by atoms with Crippen molar-refractivity contribution in [3.05, 3.63) is 52.0 Å². The maximum atomic E-state index is 12.5. The summed E-state index contributed by atoms with van der Waals surface area (Å²) in [6.07, 6.45) is 2.21. The number of nitrogens with zero attached hydrogens (tertiary/aromatic N) is 3. The van der Waals surface area contributed by atoms with E-state index >= 15 is 0 Å². The number of benzene rings is 1. The highest BCUT2D eigenvalue weighted by atomic mass is 32.1. The molecular formula is C17H16N4O2S. The van der Waals surface area contributed by atoms with E-state index in [9.17, 15) is 4.79 Å². The van der Waals surface area contributed by atoms with Crippen molar-refractivity contribution in [2.75, 3.05) is 0 Å². The molecule has 3 aromatic rings. The number of carbonyl (C=O) groups excluding carboxylic acids is 1. The minimum absolute atomic E-state index is 0.175. The van der Waals surface area contributed by atoms with E-state index in [1.807, 2.05) is 37.3 Å². The van der Waals surface area contributed by atoms with E-state index in [1.165, 1.54) is 11.3 Å². The second kappa shape index (κ2) is 6.16. The maximum Gasteiger partial charge on any atom is 0.264 e. The molecule has 7 heteroatoms. The third-order valence-electron chi connectivity index (χ3n) is 3.80. The van der Waals surface area contributed by atoms with E-state index in [0.29, 0.717) is 28.3 Å². The first-order chi connectivity index (χ1) is 11.7. The molecule has 0 saturated heterocycles. The Morgan fingerprint density at radius 3 is 2.83 bits per heavy atom. The number of nitrogens with one attached hydrogen (secondary N) is 1. The highest BCUT2D eigenvalue weighted by Crippen LogP contribution is 2.39. The van der Waals surface area contributed by atoms with Gasteiger partial charge in [0.2, 0.25) is 11.8 Å². The third kappa shape index (κ3) is 3.07. The Labute approximate surface area is 143 Å². The average molecular weight is 340 g/mol. The molecule has 1 aliphatic rings. The molecule has 1 fully saturated rings. The summed E-state index contributed by atoms with van der Waals surface area (Å²) in [6, 6.07) is 9.71. The lowest BCUT2D eigenvalue weighted by Crippen LogP contribution is -2.22. The summed E-state index contributed by atoms with van der Waals surface area (Å²) in [6.45, 7) is 2.12. The van der Waals surface area contributed by atoms with Gasteiger partial charge in [0.05, 0.1) is 17.2 Å². The Morgan fingerprint density at radius 2 is 2.08 bits per heavy atom. The van der Waals surface area contributed by atoms with E-state index < -0.39 is 0 Å². The molecule has 0 spiro atoms. The molecule has 4 rings (SSSR count). The highest BCUT2D eigenvalue weighted by Gasteiger charge is 2.29. The minimum Gasteiger partial charge on any atom is -0.423 e. The molecule has 1 aromatic carbocycles. The Bertz CT molecular complexity index is 868. The summed E-state index contributed by atoms with van der Waals surface area (Å²) in [5, 5.41) is 11.7. The highest BCUT2D eigenvalue weighted by molar-refractivity contribution is 7.14. The van der Waals surface area contributed by atoms with E-state index in [1.54, 1.807) is 0 Å². The molecule has 122 valence electrons. The average Bonchev–Trinajstić information content (AvgIpc) is 3.21. The van der Waals surface area contributed by atoms with Crippen LogP contribution in [0.2, 0.25) is 0 Å². The topological polar surface area (TPSA) is 80.9 Å². The number of hydrogen-bond acceptors (Lipinski definition) is 6. The fraction of sp³-hybridized carbons (Fsp3) is 0.294. The van der Waals surface area contributed by atoms with Gasteiger partial charge in [-0.1, -0.05) is 30.3 Å². The molecule has 0 unspecified atom stereocenters. The lowest BCUT2D eigenvalue weighted by molar-refractivity contribution is 0.0951. The standard InChI is InChI=1S/C17H16N4O2S/c1-10-19-14(11-5-3-2-4-6-11)15(24-10)16(22)18-9-13-20-21-17(23-13)12-7-8-12/h2-6,12H,7-9H2,1H3,(H,18,22). The van der Waals surface area contributed by atoms with Crippen LogP contribution in [0.5, 0.6) is 0 Å². The quantitative estimate of drug-likeness (QED) is 0.770. The predicted molar refractivity (Wildman–Crippen MR) is 89.7 cm³/mol. The molecule has 2 aromatic heterocycles. The molecule has 0 aliphatic heterocycles. The number of amides is 1. The fourth-order valence-electron chi connectivity index (χ4n) is 2.44. The van der Waals surface area contributed by atoms with Gasteiger partial charge in [-0.05, 0) is 19.8 Å². The van der Waals surface area contributed by atoms with Gasteiger partial charge >= 0.3 is 0 Å². The number of thiazole rings is 1. The number of hydrogen-bond donors (Lipinski definition) is 1. The largest absolute Gasteiger partial charge is 0.423 e. The number of carbonyl (C=O) groups is 1. The molecule has 0 bridgehead atoms. The minimum atomic E-state index is -0.175. The summed E-state index contributed by atoms with van der Waals surface area (Å²) < 4.78 is 5.56. The van der Waals surface area contributed by atoms with Crippen LogP contribution in [0.1, 0.15) is 45.2 Å². The first-order valence-electron chi connectivity index (χ1n) is 7.84. The second-order valence-electron chi connectivity index (χ2n) is 5.77. The SMILES string of the molecule is Cc1nc(-c2ccccc2)c(C(=O)NCc2nnc(C3CC3)o2)s1. The van der Waals surface area contributed by atoms with Crippen molar-refractivity contribution in [1.82, 2.24) is 20.5 Å². The summed E-state index contributed by atoms with van der Waals surface area (Å²) in [5.74, 6) is 1.35. The molecular weight excluding hydrogens is 324 g/mol. The van der Waals surface area contributed by atoms with Crippen LogP contribution in [0, 0.1) is 6.92 Å². The normalized spacial score (nSPS) is 13.9. The summed E-state index contributed by atoms with van der Waals surface area (Å²) >= 11 is 1.38. The van der Waals surface area contributed by atoms with Crippen molar-refractivity contribution in [1.29, 1.82) is 0 Å². The predicted octanol–water partition coefficient (Wildman–Crippen LogP) is 3.31. The van der Waals surface area contributed by atoms with Gasteiger partial charge in [0.15, 0.2) is 0 Å². The molecule has 1 amide bonds. The number of aromatic nitrogens is 3. The maximum absolute atomic E-state index is 12.5. The monoisotopic (exact) mass is 340 g/mol. The zero-order valence-corrected chi connectivity index (χ0v) is 14.0. The van der Waals surface area contributed by atoms with E-state index in [4.69, 9.17) is 4.42 Å². The Hall–Kier alpha value is -2.54. The summed E-state index contributed by atoms with van der Waals surface area (Å²) in [4.78, 5) is 17.6. The van der Waals surface area contributed by atoms with Crippen molar-refractivity contribution in [3.63, 3.8) is 0 Å². The van der Waals surface area contributed by atoms with Crippen LogP contribution in [0.15, 0.2) is 34.7 Å². The molecule has 1 saturated carbocycles. The van der Waals surface area contributed by atoms with Crippen LogP contribution >= 0.6 is 11.3 Å². The van der Waals surface area contributed by atoms with Crippen molar-refractivity contribution in [3.8, 4) is 11.3 Å². The molecule has 1 aliphatic carbocycles. The van der Waals surface area contributed by atoms with Crippen LogP contribution in [0.25, 0.3) is 11.3 Å². The smallest absolute Gasteiger partial charge is 0.264 e. The van der Waals surface area contributed by atoms with Crippen LogP contribution < -0.4 is 5.32 Å². The van der Waals surface area contributed by atoms with Crippen molar-refractivity contribution < 1.29 is 9.21 Å². The van der Waals surface area contributed by atoms with Gasteiger partial charge < -0.3 is 9.73 Å². The molecule has 6 nitrogen and oxygen atoms in total. The van der Waals surface area contributed by atoms with Gasteiger partial charge in [-0.15, -0.1) is 21.5 Å². The Morgan fingerprint density at radius 1 is 1.29 bits per heavy atom. The lowest BCUT2D eigenvalue weighted by Gasteiger charge is -2.03. The van der Waals surface area contributed by atoms with Gasteiger partial charge in [-0.2, -0.15) is 0 Å². The zero-order valence-electron chi connectivity index (χ0n) is 13.2. The van der Waals surface area contributed by atoms with E-state index in [0.717, 1.165) is 23.4 Å². The number of aryl methyl sites for hydroxylation is 1. The molecule has 0 radical (unpaired) electrons.